The summed E-state index contributed by atoms with van der Waals surface area (Å²) in [5.74, 6) is -0.767. The van der Waals surface area contributed by atoms with E-state index in [1.807, 2.05) is 18.2 Å². The van der Waals surface area contributed by atoms with Crippen LogP contribution in [0.2, 0.25) is 0 Å². The minimum Gasteiger partial charge on any atom is -0.382 e. The highest BCUT2D eigenvalue weighted by molar-refractivity contribution is 7.89. The molecule has 1 fully saturated rings. The molecule has 1 saturated heterocycles. The van der Waals surface area contributed by atoms with E-state index in [0.717, 1.165) is 16.5 Å². The molecule has 32 heavy (non-hydrogen) atoms. The molecule has 7 nitrogen and oxygen atoms in total. The van der Waals surface area contributed by atoms with Crippen LogP contribution in [-0.4, -0.2) is 48.5 Å². The van der Waals surface area contributed by atoms with Crippen molar-refractivity contribution < 1.29 is 17.6 Å². The fourth-order valence-corrected chi connectivity index (χ4v) is 5.04. The number of rotatable bonds is 6. The summed E-state index contributed by atoms with van der Waals surface area (Å²) in [7, 11) is -3.18. The molecular formula is C23H25FN4O3S. The number of hydrogen-bond acceptors (Lipinski definition) is 5. The summed E-state index contributed by atoms with van der Waals surface area (Å²) in [4.78, 5) is 16.8. The van der Waals surface area contributed by atoms with Gasteiger partial charge in [-0.15, -0.1) is 0 Å². The zero-order valence-corrected chi connectivity index (χ0v) is 18.5. The fraction of sp³-hybridized carbons (Fsp3) is 0.304. The van der Waals surface area contributed by atoms with Gasteiger partial charge in [0.25, 0.3) is 5.91 Å². The summed E-state index contributed by atoms with van der Waals surface area (Å²) in [6.45, 7) is 2.60. The first-order valence-electron chi connectivity index (χ1n) is 10.5. The van der Waals surface area contributed by atoms with Crippen molar-refractivity contribution in [3.05, 3.63) is 66.2 Å². The molecule has 9 heteroatoms. The van der Waals surface area contributed by atoms with Gasteiger partial charge < -0.3 is 10.6 Å². The van der Waals surface area contributed by atoms with Gasteiger partial charge in [-0.3, -0.25) is 9.78 Å². The van der Waals surface area contributed by atoms with E-state index < -0.39 is 21.7 Å². The van der Waals surface area contributed by atoms with Crippen molar-refractivity contribution in [2.24, 2.45) is 0 Å². The minimum atomic E-state index is -3.18. The molecule has 1 aliphatic heterocycles. The lowest BCUT2D eigenvalue weighted by Gasteiger charge is -2.32. The maximum atomic E-state index is 13.5. The van der Waals surface area contributed by atoms with Gasteiger partial charge >= 0.3 is 0 Å². The molecule has 1 aliphatic rings. The smallest absolute Gasteiger partial charge is 0.255 e. The van der Waals surface area contributed by atoms with E-state index in [1.165, 1.54) is 18.2 Å². The van der Waals surface area contributed by atoms with Crippen LogP contribution in [0.15, 0.2) is 54.9 Å². The summed E-state index contributed by atoms with van der Waals surface area (Å²) in [5.41, 5.74) is 1.62. The lowest BCUT2D eigenvalue weighted by atomic mass is 10.0. The fourth-order valence-electron chi connectivity index (χ4n) is 3.90. The topological polar surface area (TPSA) is 91.4 Å². The highest BCUT2D eigenvalue weighted by atomic mass is 32.2. The Hall–Kier alpha value is -3.04. The number of carbonyl (C=O) groups is 1. The number of anilines is 2. The number of piperidine rings is 1. The Balaban J connectivity index is 1.55. The standard InChI is InChI=1S/C23H25FN4O3S/c1-2-32(30,31)28-10-7-19(8-11-28)26-22-14-20(13-16-6-9-25-15-21(16)22)27-23(29)17-4-3-5-18(24)12-17/h3-6,9,12-15,19,26H,2,7-8,10-11H2,1H3,(H,27,29). The van der Waals surface area contributed by atoms with Crippen molar-refractivity contribution in [1.82, 2.24) is 9.29 Å². The van der Waals surface area contributed by atoms with Crippen molar-refractivity contribution in [3.63, 3.8) is 0 Å². The Kier molecular flexibility index (Phi) is 6.38. The van der Waals surface area contributed by atoms with Gasteiger partial charge in [-0.25, -0.2) is 17.1 Å². The third kappa shape index (κ3) is 4.89. The number of carbonyl (C=O) groups excluding carboxylic acids is 1. The number of nitrogens with one attached hydrogen (secondary N) is 2. The lowest BCUT2D eigenvalue weighted by molar-refractivity contribution is 0.102. The van der Waals surface area contributed by atoms with Gasteiger partial charge in [0.2, 0.25) is 10.0 Å². The number of benzene rings is 2. The van der Waals surface area contributed by atoms with Gasteiger partial charge in [0.1, 0.15) is 5.82 Å². The third-order valence-corrected chi connectivity index (χ3v) is 7.55. The molecule has 0 aliphatic carbocycles. The quantitative estimate of drug-likeness (QED) is 0.588. The SMILES string of the molecule is CCS(=O)(=O)N1CCC(Nc2cc(NC(=O)c3cccc(F)c3)cc3ccncc23)CC1. The third-order valence-electron chi connectivity index (χ3n) is 5.67. The minimum absolute atomic E-state index is 0.0934. The van der Waals surface area contributed by atoms with E-state index >= 15 is 0 Å². The molecule has 0 radical (unpaired) electrons. The highest BCUT2D eigenvalue weighted by Gasteiger charge is 2.27. The zero-order valence-electron chi connectivity index (χ0n) is 17.7. The molecule has 168 valence electrons. The van der Waals surface area contributed by atoms with Crippen LogP contribution >= 0.6 is 0 Å². The van der Waals surface area contributed by atoms with Crippen LogP contribution in [0.3, 0.4) is 0 Å². The first-order chi connectivity index (χ1) is 15.4. The van der Waals surface area contributed by atoms with Gasteiger partial charge in [-0.05, 0) is 61.5 Å². The normalized spacial score (nSPS) is 15.6. The molecule has 0 spiro atoms. The van der Waals surface area contributed by atoms with Gasteiger partial charge in [0, 0.05) is 53.8 Å². The highest BCUT2D eigenvalue weighted by Crippen LogP contribution is 2.30. The largest absolute Gasteiger partial charge is 0.382 e. The molecule has 3 aromatic rings. The Morgan fingerprint density at radius 2 is 1.97 bits per heavy atom. The van der Waals surface area contributed by atoms with Gasteiger partial charge in [-0.2, -0.15) is 0 Å². The van der Waals surface area contributed by atoms with Crippen molar-refractivity contribution in [2.45, 2.75) is 25.8 Å². The molecule has 0 saturated carbocycles. The van der Waals surface area contributed by atoms with Crippen molar-refractivity contribution in [2.75, 3.05) is 29.5 Å². The summed E-state index contributed by atoms with van der Waals surface area (Å²) in [5, 5.41) is 8.14. The summed E-state index contributed by atoms with van der Waals surface area (Å²) in [6, 6.07) is 11.2. The molecule has 2 aromatic carbocycles. The van der Waals surface area contributed by atoms with Gasteiger partial charge in [0.15, 0.2) is 0 Å². The van der Waals surface area contributed by atoms with E-state index in [1.54, 1.807) is 29.7 Å². The number of hydrogen-bond donors (Lipinski definition) is 2. The van der Waals surface area contributed by atoms with Crippen LogP contribution in [-0.2, 0) is 10.0 Å². The number of halogens is 1. The maximum absolute atomic E-state index is 13.5. The summed E-state index contributed by atoms with van der Waals surface area (Å²) >= 11 is 0. The van der Waals surface area contributed by atoms with Crippen molar-refractivity contribution in [3.8, 4) is 0 Å². The molecule has 2 N–H and O–H groups in total. The van der Waals surface area contributed by atoms with Crippen LogP contribution < -0.4 is 10.6 Å². The van der Waals surface area contributed by atoms with Crippen LogP contribution in [0.25, 0.3) is 10.8 Å². The first kappa shape index (κ1) is 22.2. The molecule has 2 heterocycles. The number of amides is 1. The van der Waals surface area contributed by atoms with Crippen molar-refractivity contribution in [1.29, 1.82) is 0 Å². The van der Waals surface area contributed by atoms with Crippen LogP contribution in [0, 0.1) is 5.82 Å². The predicted octanol–water partition coefficient (Wildman–Crippen LogP) is 3.85. The number of nitrogens with zero attached hydrogens (tertiary/aromatic N) is 2. The van der Waals surface area contributed by atoms with Crippen LogP contribution in [0.5, 0.6) is 0 Å². The Morgan fingerprint density at radius 1 is 1.19 bits per heavy atom. The van der Waals surface area contributed by atoms with E-state index in [0.29, 0.717) is 31.6 Å². The molecule has 0 bridgehead atoms. The van der Waals surface area contributed by atoms with Crippen molar-refractivity contribution >= 4 is 38.1 Å². The van der Waals surface area contributed by atoms with E-state index in [-0.39, 0.29) is 17.4 Å². The van der Waals surface area contributed by atoms with Crippen LogP contribution in [0.1, 0.15) is 30.1 Å². The van der Waals surface area contributed by atoms with Gasteiger partial charge in [0.05, 0.1) is 5.75 Å². The van der Waals surface area contributed by atoms with E-state index in [9.17, 15) is 17.6 Å². The average molecular weight is 457 g/mol. The Morgan fingerprint density at radius 3 is 2.69 bits per heavy atom. The average Bonchev–Trinajstić information content (AvgIpc) is 2.79. The molecule has 1 aromatic heterocycles. The first-order valence-corrected chi connectivity index (χ1v) is 12.2. The maximum Gasteiger partial charge on any atom is 0.255 e. The second-order valence-corrected chi connectivity index (χ2v) is 10.1. The molecular weight excluding hydrogens is 431 g/mol. The number of aromatic nitrogens is 1. The van der Waals surface area contributed by atoms with Crippen LogP contribution in [0.4, 0.5) is 15.8 Å². The number of sulfonamides is 1. The Bertz CT molecular complexity index is 1240. The number of pyridine rings is 1. The molecule has 4 rings (SSSR count). The Labute approximate surface area is 186 Å². The zero-order chi connectivity index (χ0) is 22.7. The van der Waals surface area contributed by atoms with Gasteiger partial charge in [-0.1, -0.05) is 6.07 Å². The number of fused-ring (bicyclic) bond motifs is 1. The monoisotopic (exact) mass is 456 g/mol. The summed E-state index contributed by atoms with van der Waals surface area (Å²) < 4.78 is 39.3. The molecule has 0 atom stereocenters. The molecule has 0 unspecified atom stereocenters. The second kappa shape index (κ2) is 9.22. The van der Waals surface area contributed by atoms with E-state index in [2.05, 4.69) is 15.6 Å². The summed E-state index contributed by atoms with van der Waals surface area (Å²) in [6.07, 6.45) is 4.80. The van der Waals surface area contributed by atoms with E-state index in [4.69, 9.17) is 0 Å². The second-order valence-electron chi connectivity index (χ2n) is 7.80. The molecule has 1 amide bonds. The lowest BCUT2D eigenvalue weighted by Crippen LogP contribution is -2.42. The predicted molar refractivity (Wildman–Crippen MR) is 124 cm³/mol.